The summed E-state index contributed by atoms with van der Waals surface area (Å²) in [6.45, 7) is 2.80. The van der Waals surface area contributed by atoms with E-state index in [2.05, 4.69) is 17.6 Å². The summed E-state index contributed by atoms with van der Waals surface area (Å²) in [6.07, 6.45) is 2.92. The molecule has 2 unspecified atom stereocenters. The van der Waals surface area contributed by atoms with Crippen LogP contribution in [0.5, 0.6) is 0 Å². The fourth-order valence-electron chi connectivity index (χ4n) is 1.39. The third-order valence-corrected chi connectivity index (χ3v) is 3.70. The van der Waals surface area contributed by atoms with E-state index < -0.39 is 10.8 Å². The van der Waals surface area contributed by atoms with Crippen molar-refractivity contribution in [2.45, 2.75) is 32.2 Å². The molecule has 4 nitrogen and oxygen atoms in total. The van der Waals surface area contributed by atoms with E-state index in [0.29, 0.717) is 5.75 Å². The smallest absolute Gasteiger partial charge is 0.315 e. The second kappa shape index (κ2) is 6.01. The lowest BCUT2D eigenvalue weighted by atomic mass is 10.3. The molecule has 1 aliphatic rings. The van der Waals surface area contributed by atoms with Gasteiger partial charge in [0, 0.05) is 34.9 Å². The van der Waals surface area contributed by atoms with Crippen molar-refractivity contribution in [1.82, 2.24) is 10.6 Å². The van der Waals surface area contributed by atoms with Crippen molar-refractivity contribution in [1.29, 1.82) is 0 Å². The van der Waals surface area contributed by atoms with Gasteiger partial charge in [-0.1, -0.05) is 13.3 Å². The standard InChI is InChI=1S/C9H18N2O2S/c1-2-3-5-10-9(12)11-8-4-6-14(13)7-8/h8H,2-7H2,1H3,(H2,10,11,12). The summed E-state index contributed by atoms with van der Waals surface area (Å²) < 4.78 is 11.0. The first-order valence-electron chi connectivity index (χ1n) is 5.11. The van der Waals surface area contributed by atoms with Gasteiger partial charge in [-0.05, 0) is 12.8 Å². The van der Waals surface area contributed by atoms with E-state index in [1.54, 1.807) is 0 Å². The van der Waals surface area contributed by atoms with Crippen LogP contribution in [0.1, 0.15) is 26.2 Å². The molecule has 1 heterocycles. The first kappa shape index (κ1) is 11.5. The van der Waals surface area contributed by atoms with Crippen LogP contribution in [0.3, 0.4) is 0 Å². The van der Waals surface area contributed by atoms with E-state index in [1.807, 2.05) is 0 Å². The minimum atomic E-state index is -0.719. The lowest BCUT2D eigenvalue weighted by Gasteiger charge is -2.11. The van der Waals surface area contributed by atoms with E-state index in [9.17, 15) is 9.00 Å². The zero-order chi connectivity index (χ0) is 10.4. The van der Waals surface area contributed by atoms with Crippen LogP contribution in [0.2, 0.25) is 0 Å². The Morgan fingerprint density at radius 3 is 2.93 bits per heavy atom. The summed E-state index contributed by atoms with van der Waals surface area (Å²) in [5.41, 5.74) is 0. The monoisotopic (exact) mass is 218 g/mol. The van der Waals surface area contributed by atoms with Crippen LogP contribution in [0.15, 0.2) is 0 Å². The number of nitrogens with one attached hydrogen (secondary N) is 2. The van der Waals surface area contributed by atoms with Gasteiger partial charge in [0.25, 0.3) is 0 Å². The van der Waals surface area contributed by atoms with Crippen molar-refractivity contribution < 1.29 is 9.00 Å². The Balaban J connectivity index is 2.11. The molecule has 0 bridgehead atoms. The van der Waals surface area contributed by atoms with E-state index >= 15 is 0 Å². The fourth-order valence-corrected chi connectivity index (χ4v) is 2.81. The minimum Gasteiger partial charge on any atom is -0.338 e. The average molecular weight is 218 g/mol. The van der Waals surface area contributed by atoms with E-state index in [0.717, 1.165) is 31.6 Å². The highest BCUT2D eigenvalue weighted by Gasteiger charge is 2.22. The summed E-state index contributed by atoms with van der Waals surface area (Å²) >= 11 is 0. The van der Waals surface area contributed by atoms with Gasteiger partial charge in [0.15, 0.2) is 0 Å². The van der Waals surface area contributed by atoms with Crippen molar-refractivity contribution >= 4 is 16.8 Å². The van der Waals surface area contributed by atoms with Crippen LogP contribution >= 0.6 is 0 Å². The lowest BCUT2D eigenvalue weighted by molar-refractivity contribution is 0.238. The normalized spacial score (nSPS) is 26.1. The first-order valence-corrected chi connectivity index (χ1v) is 6.60. The Hall–Kier alpha value is -0.580. The molecule has 82 valence electrons. The molecule has 0 spiro atoms. The van der Waals surface area contributed by atoms with Crippen molar-refractivity contribution in [3.05, 3.63) is 0 Å². The molecule has 0 radical (unpaired) electrons. The van der Waals surface area contributed by atoms with Gasteiger partial charge in [-0.3, -0.25) is 4.21 Å². The molecule has 0 saturated carbocycles. The maximum absolute atomic E-state index is 11.3. The Labute approximate surface area is 87.3 Å². The van der Waals surface area contributed by atoms with Crippen LogP contribution in [0.4, 0.5) is 4.79 Å². The molecule has 1 fully saturated rings. The largest absolute Gasteiger partial charge is 0.338 e. The number of amides is 2. The third-order valence-electron chi connectivity index (χ3n) is 2.23. The zero-order valence-electron chi connectivity index (χ0n) is 8.54. The minimum absolute atomic E-state index is 0.109. The molecule has 5 heteroatoms. The Morgan fingerprint density at radius 2 is 2.36 bits per heavy atom. The van der Waals surface area contributed by atoms with Crippen molar-refractivity contribution in [2.75, 3.05) is 18.1 Å². The van der Waals surface area contributed by atoms with Gasteiger partial charge in [0.2, 0.25) is 0 Å². The molecule has 1 saturated heterocycles. The van der Waals surface area contributed by atoms with Gasteiger partial charge < -0.3 is 10.6 Å². The quantitative estimate of drug-likeness (QED) is 0.679. The molecule has 2 N–H and O–H groups in total. The van der Waals surface area contributed by atoms with E-state index in [1.165, 1.54) is 0 Å². The Kier molecular flexibility index (Phi) is 4.93. The number of hydrogen-bond acceptors (Lipinski definition) is 2. The van der Waals surface area contributed by atoms with Gasteiger partial charge >= 0.3 is 6.03 Å². The van der Waals surface area contributed by atoms with Gasteiger partial charge in [0.05, 0.1) is 0 Å². The second-order valence-electron chi connectivity index (χ2n) is 3.55. The molecule has 0 aromatic rings. The maximum atomic E-state index is 11.3. The highest BCUT2D eigenvalue weighted by Crippen LogP contribution is 2.06. The van der Waals surface area contributed by atoms with E-state index in [4.69, 9.17) is 0 Å². The van der Waals surface area contributed by atoms with Crippen LogP contribution in [-0.2, 0) is 10.8 Å². The van der Waals surface area contributed by atoms with Gasteiger partial charge in [0.1, 0.15) is 0 Å². The van der Waals surface area contributed by atoms with Crippen molar-refractivity contribution in [3.63, 3.8) is 0 Å². The van der Waals surface area contributed by atoms with Crippen molar-refractivity contribution in [3.8, 4) is 0 Å². The summed E-state index contributed by atoms with van der Waals surface area (Å²) in [5.74, 6) is 1.33. The Bertz CT molecular complexity index is 221. The molecule has 2 amide bonds. The zero-order valence-corrected chi connectivity index (χ0v) is 9.36. The van der Waals surface area contributed by atoms with Gasteiger partial charge in [-0.25, -0.2) is 4.79 Å². The topological polar surface area (TPSA) is 58.2 Å². The Morgan fingerprint density at radius 1 is 1.57 bits per heavy atom. The highest BCUT2D eigenvalue weighted by atomic mass is 32.2. The summed E-state index contributed by atoms with van der Waals surface area (Å²) in [6, 6.07) is -0.0141. The van der Waals surface area contributed by atoms with Crippen LogP contribution in [-0.4, -0.2) is 34.3 Å². The number of carbonyl (C=O) groups excluding carboxylic acids is 1. The van der Waals surface area contributed by atoms with E-state index in [-0.39, 0.29) is 12.1 Å². The third kappa shape index (κ3) is 4.09. The molecule has 2 atom stereocenters. The number of rotatable bonds is 4. The van der Waals surface area contributed by atoms with Crippen molar-refractivity contribution in [2.24, 2.45) is 0 Å². The average Bonchev–Trinajstić information content (AvgIpc) is 2.52. The summed E-state index contributed by atoms with van der Waals surface area (Å²) in [5, 5.41) is 5.60. The van der Waals surface area contributed by atoms with Gasteiger partial charge in [-0.15, -0.1) is 0 Å². The first-order chi connectivity index (χ1) is 6.72. The molecule has 14 heavy (non-hydrogen) atoms. The number of carbonyl (C=O) groups is 1. The number of unbranched alkanes of at least 4 members (excludes halogenated alkanes) is 1. The molecular formula is C9H18N2O2S. The fraction of sp³-hybridized carbons (Fsp3) is 0.889. The summed E-state index contributed by atoms with van der Waals surface area (Å²) in [7, 11) is -0.719. The molecule has 0 aromatic heterocycles. The van der Waals surface area contributed by atoms with Crippen LogP contribution in [0.25, 0.3) is 0 Å². The maximum Gasteiger partial charge on any atom is 0.315 e. The number of urea groups is 1. The van der Waals surface area contributed by atoms with Crippen LogP contribution in [0, 0.1) is 0 Å². The molecule has 1 rings (SSSR count). The summed E-state index contributed by atoms with van der Waals surface area (Å²) in [4.78, 5) is 11.3. The predicted octanol–water partition coefficient (Wildman–Crippen LogP) is 0.607. The highest BCUT2D eigenvalue weighted by molar-refractivity contribution is 7.85. The molecule has 0 aromatic carbocycles. The predicted molar refractivity (Wildman–Crippen MR) is 57.7 cm³/mol. The SMILES string of the molecule is CCCCNC(=O)NC1CCS(=O)C1. The molecule has 0 aliphatic carbocycles. The second-order valence-corrected chi connectivity index (χ2v) is 5.17. The number of hydrogen-bond donors (Lipinski definition) is 2. The van der Waals surface area contributed by atoms with Crippen LogP contribution < -0.4 is 10.6 Å². The van der Waals surface area contributed by atoms with Gasteiger partial charge in [-0.2, -0.15) is 0 Å². The molecule has 1 aliphatic heterocycles. The lowest BCUT2D eigenvalue weighted by Crippen LogP contribution is -2.42. The molecular weight excluding hydrogens is 200 g/mol.